The molecule has 3 N–H and O–H groups in total. The number of nitrogens with zero attached hydrogens (tertiary/aromatic N) is 1. The SMILES string of the molecule is CC(C)C(NCC1CCCCN1C(=O)OC(C)(C)C)C(N)=O. The van der Waals surface area contributed by atoms with Gasteiger partial charge in [0.2, 0.25) is 5.91 Å². The number of nitrogens with two attached hydrogens (primary N) is 1. The first-order valence-corrected chi connectivity index (χ1v) is 8.14. The zero-order chi connectivity index (χ0) is 16.9. The van der Waals surface area contributed by atoms with Crippen LogP contribution in [0, 0.1) is 5.92 Å². The quantitative estimate of drug-likeness (QED) is 0.811. The van der Waals surface area contributed by atoms with Crippen LogP contribution in [0.5, 0.6) is 0 Å². The third-order valence-electron chi connectivity index (χ3n) is 3.80. The largest absolute Gasteiger partial charge is 0.444 e. The Morgan fingerprint density at radius 3 is 2.45 bits per heavy atom. The van der Waals surface area contributed by atoms with E-state index in [1.807, 2.05) is 34.6 Å². The Bertz CT molecular complexity index is 391. The number of carbonyl (C=O) groups excluding carboxylic acids is 2. The summed E-state index contributed by atoms with van der Waals surface area (Å²) in [6.45, 7) is 10.8. The Labute approximate surface area is 133 Å². The van der Waals surface area contributed by atoms with E-state index >= 15 is 0 Å². The van der Waals surface area contributed by atoms with Crippen molar-refractivity contribution in [3.63, 3.8) is 0 Å². The van der Waals surface area contributed by atoms with Gasteiger partial charge in [0.1, 0.15) is 5.60 Å². The van der Waals surface area contributed by atoms with Crippen LogP contribution in [0.3, 0.4) is 0 Å². The molecular weight excluding hydrogens is 282 g/mol. The number of hydrogen-bond acceptors (Lipinski definition) is 4. The van der Waals surface area contributed by atoms with Crippen molar-refractivity contribution in [1.82, 2.24) is 10.2 Å². The van der Waals surface area contributed by atoms with Gasteiger partial charge in [0, 0.05) is 19.1 Å². The highest BCUT2D eigenvalue weighted by atomic mass is 16.6. The summed E-state index contributed by atoms with van der Waals surface area (Å²) in [5.41, 5.74) is 4.92. The molecule has 6 heteroatoms. The minimum Gasteiger partial charge on any atom is -0.444 e. The number of nitrogens with one attached hydrogen (secondary N) is 1. The predicted molar refractivity (Wildman–Crippen MR) is 86.4 cm³/mol. The average Bonchev–Trinajstić information content (AvgIpc) is 2.36. The van der Waals surface area contributed by atoms with E-state index in [1.165, 1.54) is 0 Å². The topological polar surface area (TPSA) is 84.7 Å². The van der Waals surface area contributed by atoms with Gasteiger partial charge in [0.15, 0.2) is 0 Å². The van der Waals surface area contributed by atoms with Crippen molar-refractivity contribution >= 4 is 12.0 Å². The van der Waals surface area contributed by atoms with Crippen molar-refractivity contribution in [2.24, 2.45) is 11.7 Å². The summed E-state index contributed by atoms with van der Waals surface area (Å²) in [6.07, 6.45) is 2.70. The highest BCUT2D eigenvalue weighted by Gasteiger charge is 2.31. The lowest BCUT2D eigenvalue weighted by atomic mass is 10.00. The molecule has 0 spiro atoms. The molecule has 22 heavy (non-hydrogen) atoms. The van der Waals surface area contributed by atoms with E-state index < -0.39 is 5.60 Å². The average molecular weight is 313 g/mol. The van der Waals surface area contributed by atoms with Gasteiger partial charge in [-0.3, -0.25) is 4.79 Å². The summed E-state index contributed by atoms with van der Waals surface area (Å²) < 4.78 is 5.48. The lowest BCUT2D eigenvalue weighted by Crippen LogP contribution is -2.54. The molecule has 0 aromatic heterocycles. The van der Waals surface area contributed by atoms with Crippen LogP contribution in [0.15, 0.2) is 0 Å². The van der Waals surface area contributed by atoms with Crippen LogP contribution in [0.1, 0.15) is 53.9 Å². The molecule has 0 radical (unpaired) electrons. The highest BCUT2D eigenvalue weighted by molar-refractivity contribution is 5.80. The van der Waals surface area contributed by atoms with Gasteiger partial charge in [-0.1, -0.05) is 13.8 Å². The monoisotopic (exact) mass is 313 g/mol. The van der Waals surface area contributed by atoms with Crippen molar-refractivity contribution in [3.05, 3.63) is 0 Å². The maximum absolute atomic E-state index is 12.3. The summed E-state index contributed by atoms with van der Waals surface area (Å²) in [5.74, 6) is -0.231. The van der Waals surface area contributed by atoms with E-state index in [0.717, 1.165) is 19.3 Å². The first-order valence-electron chi connectivity index (χ1n) is 8.14. The molecule has 1 heterocycles. The van der Waals surface area contributed by atoms with Crippen LogP contribution < -0.4 is 11.1 Å². The van der Waals surface area contributed by atoms with Crippen LogP contribution in [-0.4, -0.2) is 47.7 Å². The van der Waals surface area contributed by atoms with Gasteiger partial charge in [-0.25, -0.2) is 4.79 Å². The minimum absolute atomic E-state index is 0.0456. The van der Waals surface area contributed by atoms with Gasteiger partial charge in [0.25, 0.3) is 0 Å². The van der Waals surface area contributed by atoms with E-state index in [0.29, 0.717) is 13.1 Å². The molecule has 0 bridgehead atoms. The number of likely N-dealkylation sites (tertiary alicyclic amines) is 1. The zero-order valence-electron chi connectivity index (χ0n) is 14.5. The van der Waals surface area contributed by atoms with E-state index in [-0.39, 0.29) is 30.0 Å². The third-order valence-corrected chi connectivity index (χ3v) is 3.80. The van der Waals surface area contributed by atoms with Crippen molar-refractivity contribution < 1.29 is 14.3 Å². The molecular formula is C16H31N3O3. The maximum Gasteiger partial charge on any atom is 0.410 e. The van der Waals surface area contributed by atoms with E-state index in [2.05, 4.69) is 5.32 Å². The second-order valence-corrected chi connectivity index (χ2v) is 7.36. The second kappa shape index (κ2) is 7.81. The number of rotatable bonds is 5. The van der Waals surface area contributed by atoms with Crippen molar-refractivity contribution in [2.75, 3.05) is 13.1 Å². The van der Waals surface area contributed by atoms with Gasteiger partial charge < -0.3 is 20.7 Å². The molecule has 1 fully saturated rings. The molecule has 2 amide bonds. The zero-order valence-corrected chi connectivity index (χ0v) is 14.5. The molecule has 2 atom stereocenters. The molecule has 1 aliphatic heterocycles. The number of ether oxygens (including phenoxy) is 1. The highest BCUT2D eigenvalue weighted by Crippen LogP contribution is 2.20. The third kappa shape index (κ3) is 5.83. The lowest BCUT2D eigenvalue weighted by Gasteiger charge is -2.37. The van der Waals surface area contributed by atoms with Crippen LogP contribution in [0.4, 0.5) is 4.79 Å². The fourth-order valence-electron chi connectivity index (χ4n) is 2.70. The molecule has 0 aromatic carbocycles. The molecule has 1 rings (SSSR count). The summed E-state index contributed by atoms with van der Waals surface area (Å²) in [7, 11) is 0. The van der Waals surface area contributed by atoms with Gasteiger partial charge in [0.05, 0.1) is 6.04 Å². The number of carbonyl (C=O) groups is 2. The Morgan fingerprint density at radius 2 is 1.95 bits per heavy atom. The van der Waals surface area contributed by atoms with E-state index in [9.17, 15) is 9.59 Å². The molecule has 1 saturated heterocycles. The molecule has 1 aliphatic rings. The Kier molecular flexibility index (Phi) is 6.66. The summed E-state index contributed by atoms with van der Waals surface area (Å²) >= 11 is 0. The van der Waals surface area contributed by atoms with Crippen LogP contribution in [0.25, 0.3) is 0 Å². The lowest BCUT2D eigenvalue weighted by molar-refractivity contribution is -0.121. The van der Waals surface area contributed by atoms with Crippen LogP contribution in [-0.2, 0) is 9.53 Å². The number of hydrogen-bond donors (Lipinski definition) is 2. The van der Waals surface area contributed by atoms with Crippen molar-refractivity contribution in [3.8, 4) is 0 Å². The van der Waals surface area contributed by atoms with Crippen LogP contribution >= 0.6 is 0 Å². The molecule has 0 aromatic rings. The minimum atomic E-state index is -0.500. The predicted octanol–water partition coefficient (Wildman–Crippen LogP) is 1.88. The summed E-state index contributed by atoms with van der Waals surface area (Å²) in [6, 6.07) is -0.327. The number of primary amides is 1. The Morgan fingerprint density at radius 1 is 1.32 bits per heavy atom. The summed E-state index contributed by atoms with van der Waals surface area (Å²) in [5, 5.41) is 3.21. The van der Waals surface area contributed by atoms with Gasteiger partial charge in [-0.05, 0) is 46.0 Å². The molecule has 0 saturated carbocycles. The Hall–Kier alpha value is -1.30. The second-order valence-electron chi connectivity index (χ2n) is 7.36. The first kappa shape index (κ1) is 18.7. The van der Waals surface area contributed by atoms with Gasteiger partial charge in [-0.2, -0.15) is 0 Å². The standard InChI is InChI=1S/C16H31N3O3/c1-11(2)13(14(17)20)18-10-12-8-6-7-9-19(12)15(21)22-16(3,4)5/h11-13,18H,6-10H2,1-5H3,(H2,17,20). The molecule has 6 nitrogen and oxygen atoms in total. The normalized spacial score (nSPS) is 20.8. The molecule has 2 unspecified atom stereocenters. The van der Waals surface area contributed by atoms with Crippen molar-refractivity contribution in [2.45, 2.75) is 71.6 Å². The van der Waals surface area contributed by atoms with Crippen molar-refractivity contribution in [1.29, 1.82) is 0 Å². The summed E-state index contributed by atoms with van der Waals surface area (Å²) in [4.78, 5) is 25.6. The van der Waals surface area contributed by atoms with E-state index in [1.54, 1.807) is 4.90 Å². The number of piperidine rings is 1. The number of amides is 2. The smallest absolute Gasteiger partial charge is 0.410 e. The van der Waals surface area contributed by atoms with E-state index in [4.69, 9.17) is 10.5 Å². The van der Waals surface area contributed by atoms with Gasteiger partial charge in [-0.15, -0.1) is 0 Å². The Balaban J connectivity index is 2.65. The van der Waals surface area contributed by atoms with Crippen LogP contribution in [0.2, 0.25) is 0 Å². The maximum atomic E-state index is 12.3. The molecule has 0 aliphatic carbocycles. The fraction of sp³-hybridized carbons (Fsp3) is 0.875. The molecule has 128 valence electrons. The first-order chi connectivity index (χ1) is 10.1. The fourth-order valence-corrected chi connectivity index (χ4v) is 2.70. The van der Waals surface area contributed by atoms with Gasteiger partial charge >= 0.3 is 6.09 Å².